The van der Waals surface area contributed by atoms with Gasteiger partial charge in [0.05, 0.1) is 33.7 Å². The van der Waals surface area contributed by atoms with Gasteiger partial charge in [0, 0.05) is 11.9 Å². The Morgan fingerprint density at radius 3 is 2.79 bits per heavy atom. The molecule has 178 valence electrons. The second kappa shape index (κ2) is 7.87. The molecule has 4 N–H and O–H groups in total. The van der Waals surface area contributed by atoms with Crippen molar-refractivity contribution in [2.75, 3.05) is 5.32 Å². The van der Waals surface area contributed by atoms with Crippen LogP contribution in [0.3, 0.4) is 0 Å². The van der Waals surface area contributed by atoms with Gasteiger partial charge in [-0.05, 0) is 67.9 Å². The van der Waals surface area contributed by atoms with Crippen LogP contribution in [-0.4, -0.2) is 28.6 Å². The summed E-state index contributed by atoms with van der Waals surface area (Å²) >= 11 is 0. The topological polar surface area (TPSA) is 127 Å². The summed E-state index contributed by atoms with van der Waals surface area (Å²) in [5.74, 6) is 0.865. The lowest BCUT2D eigenvalue weighted by atomic mass is 9.84. The van der Waals surface area contributed by atoms with Gasteiger partial charge in [-0.25, -0.2) is 0 Å². The van der Waals surface area contributed by atoms with Crippen molar-refractivity contribution in [1.82, 2.24) is 14.8 Å². The average Bonchev–Trinajstić information content (AvgIpc) is 3.56. The number of aromatic nitrogens is 3. The van der Waals surface area contributed by atoms with Gasteiger partial charge in [0.25, 0.3) is 5.56 Å². The van der Waals surface area contributed by atoms with Crippen LogP contribution in [0.1, 0.15) is 63.0 Å². The second-order valence-electron chi connectivity index (χ2n) is 10.0. The Hall–Kier alpha value is -2.80. The monoisotopic (exact) mass is 479 g/mol. The third-order valence-electron chi connectivity index (χ3n) is 7.92. The number of hydrogen-bond donors (Lipinski definition) is 4. The molecule has 0 bridgehead atoms. The molecular formula is C25H29N5O3S. The van der Waals surface area contributed by atoms with E-state index in [-0.39, 0.29) is 11.6 Å². The molecular weight excluding hydrogens is 450 g/mol. The molecule has 0 radical (unpaired) electrons. The molecule has 3 heterocycles. The van der Waals surface area contributed by atoms with Crippen molar-refractivity contribution >= 4 is 33.0 Å². The number of H-pyrrole nitrogens is 1. The Morgan fingerprint density at radius 1 is 1.26 bits per heavy atom. The highest BCUT2D eigenvalue weighted by Crippen LogP contribution is 2.70. The molecule has 0 amide bonds. The van der Waals surface area contributed by atoms with Crippen molar-refractivity contribution in [3.05, 3.63) is 46.4 Å². The first-order chi connectivity index (χ1) is 16.4. The van der Waals surface area contributed by atoms with E-state index in [0.717, 1.165) is 61.7 Å². The summed E-state index contributed by atoms with van der Waals surface area (Å²) in [6.07, 6.45) is 9.69. The number of rotatable bonds is 5. The second-order valence-corrected chi connectivity index (χ2v) is 12.4. The minimum atomic E-state index is -2.85. The third kappa shape index (κ3) is 3.28. The highest BCUT2D eigenvalue weighted by Gasteiger charge is 2.50. The Labute approximate surface area is 199 Å². The molecule has 9 heteroatoms. The number of nitrogens with zero attached hydrogens (tertiary/aromatic N) is 3. The lowest BCUT2D eigenvalue weighted by Crippen LogP contribution is -2.35. The molecule has 8 nitrogen and oxygen atoms in total. The van der Waals surface area contributed by atoms with Crippen molar-refractivity contribution in [1.29, 1.82) is 5.26 Å². The van der Waals surface area contributed by atoms with Crippen LogP contribution in [0.5, 0.6) is 0 Å². The summed E-state index contributed by atoms with van der Waals surface area (Å²) < 4.78 is 23.8. The van der Waals surface area contributed by atoms with Crippen LogP contribution in [0.25, 0.3) is 10.9 Å². The smallest absolute Gasteiger partial charge is 0.261 e. The first-order valence-electron chi connectivity index (χ1n) is 12.1. The van der Waals surface area contributed by atoms with Crippen LogP contribution in [-0.2, 0) is 6.42 Å². The van der Waals surface area contributed by atoms with Crippen LogP contribution in [0.4, 0.5) is 11.5 Å². The van der Waals surface area contributed by atoms with Crippen molar-refractivity contribution in [2.24, 2.45) is 5.92 Å². The first kappa shape index (κ1) is 21.7. The lowest BCUT2D eigenvalue weighted by molar-refractivity contribution is 0.346. The van der Waals surface area contributed by atoms with Crippen molar-refractivity contribution in [2.45, 2.75) is 73.5 Å². The van der Waals surface area contributed by atoms with Crippen LogP contribution < -0.4 is 10.9 Å². The summed E-state index contributed by atoms with van der Waals surface area (Å²) in [6, 6.07) is 9.70. The van der Waals surface area contributed by atoms with Crippen LogP contribution in [0, 0.1) is 17.2 Å². The molecule has 2 aromatic heterocycles. The molecule has 1 aliphatic heterocycles. The number of anilines is 2. The van der Waals surface area contributed by atoms with Gasteiger partial charge < -0.3 is 10.3 Å². The Bertz CT molecular complexity index is 1360. The minimum absolute atomic E-state index is 0.0518. The maximum absolute atomic E-state index is 12.8. The number of aromatic amines is 1. The zero-order valence-electron chi connectivity index (χ0n) is 19.0. The third-order valence-corrected chi connectivity index (χ3v) is 10.7. The van der Waals surface area contributed by atoms with E-state index in [2.05, 4.69) is 16.4 Å². The van der Waals surface area contributed by atoms with E-state index in [1.165, 1.54) is 0 Å². The van der Waals surface area contributed by atoms with E-state index in [9.17, 15) is 19.2 Å². The summed E-state index contributed by atoms with van der Waals surface area (Å²) in [5, 5.41) is 17.9. The quantitative estimate of drug-likeness (QED) is 0.372. The fraction of sp³-hybridized carbons (Fsp3) is 0.480. The number of nitrogens with one attached hydrogen (secondary N) is 2. The Morgan fingerprint density at radius 2 is 2.06 bits per heavy atom. The molecule has 1 aromatic carbocycles. The minimum Gasteiger partial charge on any atom is -0.338 e. The number of fused-ring (bicyclic) bond motifs is 2. The van der Waals surface area contributed by atoms with Gasteiger partial charge in [-0.1, -0.05) is 19.3 Å². The SMILES string of the molecule is N#CCC(C1CC1)n1nc(Nc2ccc3c(c2)CC2(CCCCC2)S3(O)O)c2c(=O)[nH]ccc21. The van der Waals surface area contributed by atoms with Crippen molar-refractivity contribution in [3.63, 3.8) is 0 Å². The average molecular weight is 480 g/mol. The lowest BCUT2D eigenvalue weighted by Gasteiger charge is -2.48. The van der Waals surface area contributed by atoms with E-state index in [1.54, 1.807) is 6.20 Å². The molecule has 3 aliphatic rings. The summed E-state index contributed by atoms with van der Waals surface area (Å²) in [7, 11) is -2.85. The van der Waals surface area contributed by atoms with E-state index < -0.39 is 15.3 Å². The van der Waals surface area contributed by atoms with E-state index >= 15 is 0 Å². The number of hydrogen-bond acceptors (Lipinski definition) is 6. The number of nitriles is 1. The summed E-state index contributed by atoms with van der Waals surface area (Å²) in [4.78, 5) is 16.2. The molecule has 1 unspecified atom stereocenters. The van der Waals surface area contributed by atoms with Crippen molar-refractivity contribution < 1.29 is 9.11 Å². The Kier molecular flexibility index (Phi) is 5.03. The maximum atomic E-state index is 12.8. The zero-order chi connectivity index (χ0) is 23.5. The predicted octanol–water partition coefficient (Wildman–Crippen LogP) is 5.70. The van der Waals surface area contributed by atoms with Crippen LogP contribution in [0.15, 0.2) is 40.2 Å². The van der Waals surface area contributed by atoms with Gasteiger partial charge in [0.2, 0.25) is 0 Å². The van der Waals surface area contributed by atoms with E-state index in [4.69, 9.17) is 5.10 Å². The van der Waals surface area contributed by atoms with Gasteiger partial charge in [-0.15, -0.1) is 0 Å². The molecule has 34 heavy (non-hydrogen) atoms. The zero-order valence-corrected chi connectivity index (χ0v) is 19.8. The summed E-state index contributed by atoms with van der Waals surface area (Å²) in [5.41, 5.74) is 2.22. The first-order valence-corrected chi connectivity index (χ1v) is 13.6. The largest absolute Gasteiger partial charge is 0.338 e. The van der Waals surface area contributed by atoms with Gasteiger partial charge >= 0.3 is 0 Å². The van der Waals surface area contributed by atoms with Gasteiger partial charge in [0.1, 0.15) is 5.39 Å². The number of benzene rings is 1. The molecule has 1 atom stereocenters. The summed E-state index contributed by atoms with van der Waals surface area (Å²) in [6.45, 7) is 0. The number of pyridine rings is 1. The predicted molar refractivity (Wildman–Crippen MR) is 133 cm³/mol. The van der Waals surface area contributed by atoms with Gasteiger partial charge in [-0.3, -0.25) is 18.6 Å². The molecule has 6 rings (SSSR count). The van der Waals surface area contributed by atoms with Gasteiger partial charge in [0.15, 0.2) is 5.82 Å². The highest BCUT2D eigenvalue weighted by molar-refractivity contribution is 8.25. The fourth-order valence-corrected chi connectivity index (χ4v) is 8.45. The fourth-order valence-electron chi connectivity index (χ4n) is 6.02. The molecule has 3 aromatic rings. The molecule has 2 aliphatic carbocycles. The molecule has 0 saturated heterocycles. The molecule has 2 saturated carbocycles. The highest BCUT2D eigenvalue weighted by atomic mass is 32.3. The van der Waals surface area contributed by atoms with Crippen LogP contribution >= 0.6 is 10.6 Å². The van der Waals surface area contributed by atoms with Gasteiger partial charge in [-0.2, -0.15) is 21.0 Å². The molecule has 2 fully saturated rings. The molecule has 1 spiro atoms. The Balaban J connectivity index is 1.38. The standard InChI is InChI=1S/C25H29N5O3S/c26-12-8-19(16-4-5-16)30-20-9-13-27-24(31)22(20)23(29-30)28-18-6-7-21-17(14-18)15-25(34(21,32)33)10-2-1-3-11-25/h6-7,9,13-14,16,19,32-33H,1-5,8,10-11,15H2,(H,27,31)(H,28,29). The van der Waals surface area contributed by atoms with Crippen molar-refractivity contribution in [3.8, 4) is 6.07 Å². The van der Waals surface area contributed by atoms with Crippen LogP contribution in [0.2, 0.25) is 0 Å². The maximum Gasteiger partial charge on any atom is 0.261 e. The van der Waals surface area contributed by atoms with E-state index in [0.29, 0.717) is 34.9 Å². The van der Waals surface area contributed by atoms with E-state index in [1.807, 2.05) is 28.9 Å². The normalized spacial score (nSPS) is 22.3.